The van der Waals surface area contributed by atoms with Crippen LogP contribution in [0.2, 0.25) is 0 Å². The van der Waals surface area contributed by atoms with Crippen molar-refractivity contribution in [2.45, 2.75) is 33.3 Å². The topological polar surface area (TPSA) is 44.1 Å². The fraction of sp³-hybridized carbons (Fsp3) is 0.217. The first kappa shape index (κ1) is 17.3. The summed E-state index contributed by atoms with van der Waals surface area (Å²) < 4.78 is 7.32. The Kier molecular flexibility index (Phi) is 3.99. The zero-order valence-electron chi connectivity index (χ0n) is 16.0. The van der Waals surface area contributed by atoms with Crippen molar-refractivity contribution in [1.82, 2.24) is 9.55 Å². The molecule has 0 radical (unpaired) electrons. The maximum absolute atomic E-state index is 12.9. The van der Waals surface area contributed by atoms with Crippen LogP contribution >= 0.6 is 0 Å². The van der Waals surface area contributed by atoms with Crippen molar-refractivity contribution in [3.8, 4) is 11.1 Å². The van der Waals surface area contributed by atoms with E-state index in [-0.39, 0.29) is 6.09 Å². The molecule has 0 spiro atoms. The van der Waals surface area contributed by atoms with Gasteiger partial charge in [-0.1, -0.05) is 42.5 Å². The molecule has 0 atom stereocenters. The van der Waals surface area contributed by atoms with E-state index >= 15 is 0 Å². The van der Waals surface area contributed by atoms with Gasteiger partial charge in [0.15, 0.2) is 0 Å². The second kappa shape index (κ2) is 6.23. The van der Waals surface area contributed by atoms with Crippen molar-refractivity contribution >= 4 is 27.8 Å². The molecule has 0 N–H and O–H groups in total. The molecule has 0 amide bonds. The Morgan fingerprint density at radius 2 is 1.63 bits per heavy atom. The van der Waals surface area contributed by atoms with Gasteiger partial charge in [-0.25, -0.2) is 9.36 Å². The van der Waals surface area contributed by atoms with Crippen LogP contribution in [0.3, 0.4) is 0 Å². The maximum Gasteiger partial charge on any atom is 0.419 e. The highest BCUT2D eigenvalue weighted by molar-refractivity contribution is 6.08. The number of benzene rings is 2. The van der Waals surface area contributed by atoms with E-state index < -0.39 is 5.60 Å². The number of nitrogens with zero attached hydrogens (tertiary/aromatic N) is 2. The maximum atomic E-state index is 12.9. The number of hydrogen-bond donors (Lipinski definition) is 0. The first-order valence-corrected chi connectivity index (χ1v) is 9.03. The predicted molar refractivity (Wildman–Crippen MR) is 109 cm³/mol. The standard InChI is InChI=1S/C23H22N2O2/c1-15-21(19-14-24-13-16-9-5-6-10-17(16)19)18-11-7-8-12-20(18)25(15)22(26)27-23(2,3)4/h5-14H,1-4H3. The Morgan fingerprint density at radius 1 is 0.963 bits per heavy atom. The van der Waals surface area contributed by atoms with Gasteiger partial charge in [-0.15, -0.1) is 0 Å². The summed E-state index contributed by atoms with van der Waals surface area (Å²) in [5, 5.41) is 3.20. The lowest BCUT2D eigenvalue weighted by Gasteiger charge is -2.20. The average molecular weight is 358 g/mol. The highest BCUT2D eigenvalue weighted by Crippen LogP contribution is 2.38. The Bertz CT molecular complexity index is 1160. The fourth-order valence-corrected chi connectivity index (χ4v) is 3.57. The lowest BCUT2D eigenvalue weighted by Crippen LogP contribution is -2.27. The minimum absolute atomic E-state index is 0.365. The number of ether oxygens (including phenoxy) is 1. The molecule has 2 aromatic heterocycles. The minimum Gasteiger partial charge on any atom is -0.443 e. The van der Waals surface area contributed by atoms with Crippen LogP contribution in [0.25, 0.3) is 32.8 Å². The summed E-state index contributed by atoms with van der Waals surface area (Å²) in [6.07, 6.45) is 3.37. The van der Waals surface area contributed by atoms with Gasteiger partial charge >= 0.3 is 6.09 Å². The Balaban J connectivity index is 2.03. The van der Waals surface area contributed by atoms with Gasteiger partial charge in [-0.05, 0) is 39.1 Å². The molecular weight excluding hydrogens is 336 g/mol. The molecule has 4 nitrogen and oxygen atoms in total. The van der Waals surface area contributed by atoms with Gasteiger partial charge < -0.3 is 4.74 Å². The molecule has 0 aliphatic carbocycles. The molecule has 2 aromatic carbocycles. The molecule has 4 aromatic rings. The number of carbonyl (C=O) groups excluding carboxylic acids is 1. The molecular formula is C23H22N2O2. The number of pyridine rings is 1. The molecule has 0 saturated heterocycles. The molecule has 2 heterocycles. The normalized spacial score (nSPS) is 11.9. The largest absolute Gasteiger partial charge is 0.443 e. The van der Waals surface area contributed by atoms with E-state index in [1.54, 1.807) is 4.57 Å². The summed E-state index contributed by atoms with van der Waals surface area (Å²) in [5.74, 6) is 0. The summed E-state index contributed by atoms with van der Waals surface area (Å²) in [6.45, 7) is 7.59. The number of fused-ring (bicyclic) bond motifs is 2. The van der Waals surface area contributed by atoms with Gasteiger partial charge in [0.05, 0.1) is 5.52 Å². The van der Waals surface area contributed by atoms with E-state index in [4.69, 9.17) is 4.74 Å². The first-order chi connectivity index (χ1) is 12.9. The van der Waals surface area contributed by atoms with Gasteiger partial charge in [-0.3, -0.25) is 4.98 Å². The van der Waals surface area contributed by atoms with E-state index in [1.165, 1.54) is 0 Å². The van der Waals surface area contributed by atoms with Crippen molar-refractivity contribution < 1.29 is 9.53 Å². The molecule has 0 bridgehead atoms. The van der Waals surface area contributed by atoms with Crippen LogP contribution in [0, 0.1) is 6.92 Å². The molecule has 0 aliphatic rings. The zero-order valence-corrected chi connectivity index (χ0v) is 16.0. The number of hydrogen-bond acceptors (Lipinski definition) is 3. The predicted octanol–water partition coefficient (Wildman–Crippen LogP) is 5.95. The van der Waals surface area contributed by atoms with Crippen LogP contribution in [0.15, 0.2) is 60.9 Å². The SMILES string of the molecule is Cc1c(-c2cncc3ccccc23)c2ccccc2n1C(=O)OC(C)(C)C. The average Bonchev–Trinajstić information content (AvgIpc) is 2.91. The van der Waals surface area contributed by atoms with Crippen molar-refractivity contribution in [3.63, 3.8) is 0 Å². The van der Waals surface area contributed by atoms with Gasteiger partial charge in [-0.2, -0.15) is 0 Å². The van der Waals surface area contributed by atoms with Crippen molar-refractivity contribution in [1.29, 1.82) is 0 Å². The van der Waals surface area contributed by atoms with E-state index in [0.29, 0.717) is 0 Å². The van der Waals surface area contributed by atoms with Crippen LogP contribution in [0.1, 0.15) is 26.5 Å². The van der Waals surface area contributed by atoms with Gasteiger partial charge in [0, 0.05) is 40.0 Å². The third-order valence-corrected chi connectivity index (χ3v) is 4.63. The molecule has 0 aliphatic heterocycles. The van der Waals surface area contributed by atoms with E-state index in [1.807, 2.05) is 82.6 Å². The lowest BCUT2D eigenvalue weighted by atomic mass is 9.98. The number of para-hydroxylation sites is 1. The Labute approximate surface area is 158 Å². The van der Waals surface area contributed by atoms with E-state index in [0.717, 1.165) is 38.5 Å². The second-order valence-electron chi connectivity index (χ2n) is 7.70. The van der Waals surface area contributed by atoms with E-state index in [9.17, 15) is 4.79 Å². The third-order valence-electron chi connectivity index (χ3n) is 4.63. The van der Waals surface area contributed by atoms with Crippen molar-refractivity contribution in [3.05, 3.63) is 66.6 Å². The minimum atomic E-state index is -0.559. The molecule has 0 saturated carbocycles. The quantitative estimate of drug-likeness (QED) is 0.422. The zero-order chi connectivity index (χ0) is 19.2. The Hall–Kier alpha value is -3.14. The molecule has 0 fully saturated rings. The lowest BCUT2D eigenvalue weighted by molar-refractivity contribution is 0.0542. The smallest absolute Gasteiger partial charge is 0.419 e. The summed E-state index contributed by atoms with van der Waals surface area (Å²) >= 11 is 0. The summed E-state index contributed by atoms with van der Waals surface area (Å²) in [7, 11) is 0. The highest BCUT2D eigenvalue weighted by atomic mass is 16.6. The number of rotatable bonds is 1. The highest BCUT2D eigenvalue weighted by Gasteiger charge is 2.24. The number of carbonyl (C=O) groups is 1. The first-order valence-electron chi connectivity index (χ1n) is 9.03. The van der Waals surface area contributed by atoms with Gasteiger partial charge in [0.2, 0.25) is 0 Å². The number of aromatic nitrogens is 2. The molecule has 4 rings (SSSR count). The summed E-state index contributed by atoms with van der Waals surface area (Å²) in [5.41, 5.74) is 3.16. The van der Waals surface area contributed by atoms with Crippen LogP contribution in [0.5, 0.6) is 0 Å². The molecule has 0 unspecified atom stereocenters. The van der Waals surface area contributed by atoms with Crippen LogP contribution in [0.4, 0.5) is 4.79 Å². The van der Waals surface area contributed by atoms with Crippen LogP contribution < -0.4 is 0 Å². The molecule has 27 heavy (non-hydrogen) atoms. The van der Waals surface area contributed by atoms with Crippen molar-refractivity contribution in [2.75, 3.05) is 0 Å². The molecule has 136 valence electrons. The fourth-order valence-electron chi connectivity index (χ4n) is 3.57. The van der Waals surface area contributed by atoms with Gasteiger partial charge in [0.25, 0.3) is 0 Å². The van der Waals surface area contributed by atoms with Crippen molar-refractivity contribution in [2.24, 2.45) is 0 Å². The molecule has 4 heteroatoms. The second-order valence-corrected chi connectivity index (χ2v) is 7.70. The van der Waals surface area contributed by atoms with E-state index in [2.05, 4.69) is 11.1 Å². The monoisotopic (exact) mass is 358 g/mol. The Morgan fingerprint density at radius 3 is 2.37 bits per heavy atom. The third kappa shape index (κ3) is 2.97. The summed E-state index contributed by atoms with van der Waals surface area (Å²) in [6, 6.07) is 16.1. The van der Waals surface area contributed by atoms with Gasteiger partial charge in [0.1, 0.15) is 5.60 Å². The summed E-state index contributed by atoms with van der Waals surface area (Å²) in [4.78, 5) is 17.4. The van der Waals surface area contributed by atoms with Crippen LogP contribution in [-0.4, -0.2) is 21.2 Å². The van der Waals surface area contributed by atoms with Crippen LogP contribution in [-0.2, 0) is 4.74 Å².